The lowest BCUT2D eigenvalue weighted by molar-refractivity contribution is 0.106. The topological polar surface area (TPSA) is 39.7 Å². The molecule has 0 saturated carbocycles. The van der Waals surface area contributed by atoms with E-state index in [0.717, 1.165) is 13.0 Å². The number of benzene rings is 1. The van der Waals surface area contributed by atoms with Gasteiger partial charge < -0.3 is 18.6 Å². The number of nitrogens with one attached hydrogen (secondary N) is 1. The number of rotatable bonds is 8. The molecule has 0 heterocycles. The Morgan fingerprint density at radius 1 is 1.06 bits per heavy atom. The molecule has 0 fully saturated rings. The lowest BCUT2D eigenvalue weighted by Gasteiger charge is -2.32. The highest BCUT2D eigenvalue weighted by Gasteiger charge is 2.46. The Labute approximate surface area is 111 Å². The Hall–Kier alpha value is -0.723. The van der Waals surface area contributed by atoms with Crippen LogP contribution in [0.4, 0.5) is 0 Å². The van der Waals surface area contributed by atoms with Gasteiger partial charge in [0.15, 0.2) is 0 Å². The van der Waals surface area contributed by atoms with Crippen molar-refractivity contribution in [3.05, 3.63) is 35.9 Å². The average Bonchev–Trinajstić information content (AvgIpc) is 2.45. The van der Waals surface area contributed by atoms with E-state index in [1.165, 1.54) is 5.56 Å². The van der Waals surface area contributed by atoms with E-state index in [2.05, 4.69) is 24.4 Å². The summed E-state index contributed by atoms with van der Waals surface area (Å²) in [4.78, 5) is 0. The Morgan fingerprint density at radius 2 is 1.61 bits per heavy atom. The summed E-state index contributed by atoms with van der Waals surface area (Å²) in [6, 6.07) is 10.3. The highest BCUT2D eigenvalue weighted by atomic mass is 28.4. The van der Waals surface area contributed by atoms with Crippen LogP contribution in [0.5, 0.6) is 0 Å². The first kappa shape index (κ1) is 15.3. The minimum absolute atomic E-state index is 0.0951. The highest BCUT2D eigenvalue weighted by Crippen LogP contribution is 2.15. The molecule has 1 atom stereocenters. The average molecular weight is 269 g/mol. The lowest BCUT2D eigenvalue weighted by Crippen LogP contribution is -2.59. The summed E-state index contributed by atoms with van der Waals surface area (Å²) in [5.74, 6) is 0. The van der Waals surface area contributed by atoms with E-state index in [1.807, 2.05) is 18.2 Å². The molecule has 0 aliphatic heterocycles. The summed E-state index contributed by atoms with van der Waals surface area (Å²) < 4.78 is 16.5. The van der Waals surface area contributed by atoms with E-state index in [-0.39, 0.29) is 5.67 Å². The van der Waals surface area contributed by atoms with Crippen molar-refractivity contribution in [3.63, 3.8) is 0 Å². The van der Waals surface area contributed by atoms with Crippen molar-refractivity contribution < 1.29 is 13.3 Å². The second-order valence-electron chi connectivity index (χ2n) is 4.04. The van der Waals surface area contributed by atoms with Gasteiger partial charge in [0.1, 0.15) is 0 Å². The first-order chi connectivity index (χ1) is 8.72. The maximum Gasteiger partial charge on any atom is 0.518 e. The minimum atomic E-state index is -2.61. The molecule has 0 saturated heterocycles. The summed E-state index contributed by atoms with van der Waals surface area (Å²) >= 11 is 0. The highest BCUT2D eigenvalue weighted by molar-refractivity contribution is 6.62. The molecule has 0 aromatic heterocycles. The van der Waals surface area contributed by atoms with Crippen LogP contribution in [0.1, 0.15) is 18.9 Å². The van der Waals surface area contributed by atoms with Gasteiger partial charge in [0.2, 0.25) is 0 Å². The van der Waals surface area contributed by atoms with Crippen LogP contribution in [0.15, 0.2) is 30.3 Å². The van der Waals surface area contributed by atoms with Gasteiger partial charge in [-0.2, -0.15) is 0 Å². The molecule has 0 bridgehead atoms. The van der Waals surface area contributed by atoms with Crippen molar-refractivity contribution in [2.75, 3.05) is 21.3 Å². The van der Waals surface area contributed by atoms with Crippen molar-refractivity contribution in [3.8, 4) is 0 Å². The Balaban J connectivity index is 2.66. The normalized spacial score (nSPS) is 13.6. The van der Waals surface area contributed by atoms with Gasteiger partial charge in [0.05, 0.1) is 5.67 Å². The van der Waals surface area contributed by atoms with E-state index in [0.29, 0.717) is 0 Å². The fraction of sp³-hybridized carbons (Fsp3) is 0.538. The molecule has 5 heteroatoms. The summed E-state index contributed by atoms with van der Waals surface area (Å²) in [6.07, 6.45) is 0.897. The zero-order valence-electron chi connectivity index (χ0n) is 11.6. The van der Waals surface area contributed by atoms with Gasteiger partial charge in [0.25, 0.3) is 0 Å². The largest absolute Gasteiger partial charge is 0.518 e. The first-order valence-corrected chi connectivity index (χ1v) is 7.95. The second-order valence-corrected chi connectivity index (χ2v) is 7.17. The third kappa shape index (κ3) is 3.63. The molecular weight excluding hydrogens is 246 g/mol. The van der Waals surface area contributed by atoms with Gasteiger partial charge in [-0.3, -0.25) is 0 Å². The van der Waals surface area contributed by atoms with Gasteiger partial charge in [-0.1, -0.05) is 37.3 Å². The molecule has 0 aliphatic rings. The monoisotopic (exact) mass is 269 g/mol. The third-order valence-corrected chi connectivity index (χ3v) is 6.26. The minimum Gasteiger partial charge on any atom is -0.376 e. The molecule has 0 spiro atoms. The summed E-state index contributed by atoms with van der Waals surface area (Å²) in [6.45, 7) is 2.88. The fourth-order valence-electron chi connectivity index (χ4n) is 2.03. The van der Waals surface area contributed by atoms with Crippen molar-refractivity contribution in [2.45, 2.75) is 25.6 Å². The predicted octanol–water partition coefficient (Wildman–Crippen LogP) is 1.97. The SMILES string of the molecule is CCC(NCc1ccccc1)[Si](OC)(OC)OC. The van der Waals surface area contributed by atoms with Crippen molar-refractivity contribution >= 4 is 8.80 Å². The molecule has 1 aromatic rings. The molecule has 1 rings (SSSR count). The molecule has 0 radical (unpaired) electrons. The van der Waals surface area contributed by atoms with Crippen molar-refractivity contribution in [1.82, 2.24) is 5.32 Å². The van der Waals surface area contributed by atoms with Crippen LogP contribution in [-0.4, -0.2) is 35.8 Å². The van der Waals surface area contributed by atoms with Gasteiger partial charge >= 0.3 is 8.80 Å². The number of hydrogen-bond acceptors (Lipinski definition) is 4. The van der Waals surface area contributed by atoms with E-state index >= 15 is 0 Å². The molecule has 1 aromatic carbocycles. The van der Waals surface area contributed by atoms with E-state index in [9.17, 15) is 0 Å². The van der Waals surface area contributed by atoms with Crippen LogP contribution in [0.3, 0.4) is 0 Å². The molecule has 1 N–H and O–H groups in total. The van der Waals surface area contributed by atoms with Gasteiger partial charge in [-0.15, -0.1) is 0 Å². The molecular formula is C13H23NO3Si. The first-order valence-electron chi connectivity index (χ1n) is 6.15. The van der Waals surface area contributed by atoms with E-state index in [1.54, 1.807) is 21.3 Å². The van der Waals surface area contributed by atoms with Crippen LogP contribution < -0.4 is 5.32 Å². The molecule has 1 unspecified atom stereocenters. The van der Waals surface area contributed by atoms with Crippen LogP contribution in [0.2, 0.25) is 0 Å². The second kappa shape index (κ2) is 7.65. The van der Waals surface area contributed by atoms with E-state index < -0.39 is 8.80 Å². The molecule has 4 nitrogen and oxygen atoms in total. The van der Waals surface area contributed by atoms with Crippen LogP contribution in [0, 0.1) is 0 Å². The van der Waals surface area contributed by atoms with Gasteiger partial charge in [0, 0.05) is 27.9 Å². The van der Waals surface area contributed by atoms with Gasteiger partial charge in [-0.05, 0) is 12.0 Å². The quantitative estimate of drug-likeness (QED) is 0.733. The summed E-state index contributed by atoms with van der Waals surface area (Å²) in [5, 5.41) is 3.47. The third-order valence-electron chi connectivity index (χ3n) is 3.08. The Kier molecular flexibility index (Phi) is 6.52. The van der Waals surface area contributed by atoms with Crippen LogP contribution >= 0.6 is 0 Å². The maximum absolute atomic E-state index is 5.51. The lowest BCUT2D eigenvalue weighted by atomic mass is 10.2. The fourth-order valence-corrected chi connectivity index (χ4v) is 4.24. The van der Waals surface area contributed by atoms with Crippen LogP contribution in [0.25, 0.3) is 0 Å². The van der Waals surface area contributed by atoms with Crippen molar-refractivity contribution in [2.24, 2.45) is 0 Å². The molecule has 18 heavy (non-hydrogen) atoms. The predicted molar refractivity (Wildman–Crippen MR) is 74.1 cm³/mol. The molecule has 0 aliphatic carbocycles. The molecule has 102 valence electrons. The summed E-state index contributed by atoms with van der Waals surface area (Å²) in [5.41, 5.74) is 1.33. The Morgan fingerprint density at radius 3 is 2.06 bits per heavy atom. The zero-order valence-corrected chi connectivity index (χ0v) is 12.6. The molecule has 0 amide bonds. The zero-order chi connectivity index (χ0) is 13.4. The smallest absolute Gasteiger partial charge is 0.376 e. The Bertz CT molecular complexity index is 322. The standard InChI is InChI=1S/C13H23NO3Si/c1-5-13(18(15-2,16-3)17-4)14-11-12-9-7-6-8-10-12/h6-10,13-14H,5,11H2,1-4H3. The number of hydrogen-bond donors (Lipinski definition) is 1. The van der Waals surface area contributed by atoms with Crippen molar-refractivity contribution in [1.29, 1.82) is 0 Å². The summed E-state index contributed by atoms with van der Waals surface area (Å²) in [7, 11) is 2.32. The van der Waals surface area contributed by atoms with E-state index in [4.69, 9.17) is 13.3 Å². The maximum atomic E-state index is 5.51. The van der Waals surface area contributed by atoms with Gasteiger partial charge in [-0.25, -0.2) is 0 Å². The van der Waals surface area contributed by atoms with Crippen LogP contribution in [-0.2, 0) is 19.8 Å².